The van der Waals surface area contributed by atoms with E-state index in [1.54, 1.807) is 6.08 Å². The largest absolute Gasteiger partial charge is 0.369 e. The molecule has 92 valence electrons. The molecule has 0 unspecified atom stereocenters. The average Bonchev–Trinajstić information content (AvgIpc) is 2.62. The summed E-state index contributed by atoms with van der Waals surface area (Å²) in [6.07, 6.45) is 7.64. The van der Waals surface area contributed by atoms with E-state index in [1.165, 1.54) is 5.57 Å². The van der Waals surface area contributed by atoms with Crippen LogP contribution in [0.1, 0.15) is 33.1 Å². The molecule has 3 nitrogen and oxygen atoms in total. The molecule has 1 amide bonds. The van der Waals surface area contributed by atoms with Gasteiger partial charge in [0.25, 0.3) is 0 Å². The number of nitrogens with two attached hydrogens (primary N) is 1. The molecular weight excluding hydrogens is 214 g/mol. The topological polar surface area (TPSA) is 60.2 Å². The van der Waals surface area contributed by atoms with E-state index in [2.05, 4.69) is 19.9 Å². The molecular formula is C14H19NO2. The van der Waals surface area contributed by atoms with Crippen molar-refractivity contribution in [2.75, 3.05) is 0 Å². The van der Waals surface area contributed by atoms with E-state index in [-0.39, 0.29) is 23.0 Å². The molecule has 17 heavy (non-hydrogen) atoms. The van der Waals surface area contributed by atoms with E-state index >= 15 is 0 Å². The zero-order chi connectivity index (χ0) is 12.6. The molecule has 2 rings (SSSR count). The number of carbonyl (C=O) groups excluding carboxylic acids is 2. The highest BCUT2D eigenvalue weighted by Crippen LogP contribution is 2.52. The summed E-state index contributed by atoms with van der Waals surface area (Å²) in [6.45, 7) is 4.25. The van der Waals surface area contributed by atoms with Crippen molar-refractivity contribution in [1.29, 1.82) is 0 Å². The van der Waals surface area contributed by atoms with Crippen LogP contribution in [0.2, 0.25) is 0 Å². The molecule has 0 heterocycles. The van der Waals surface area contributed by atoms with Gasteiger partial charge in [-0.3, -0.25) is 9.59 Å². The summed E-state index contributed by atoms with van der Waals surface area (Å²) in [7, 11) is 0. The van der Waals surface area contributed by atoms with Crippen LogP contribution in [0.15, 0.2) is 23.8 Å². The van der Waals surface area contributed by atoms with Crippen LogP contribution >= 0.6 is 0 Å². The van der Waals surface area contributed by atoms with E-state index in [0.29, 0.717) is 18.8 Å². The predicted molar refractivity (Wildman–Crippen MR) is 66.0 cm³/mol. The standard InChI is InChI=1S/C14H19NO2/c1-9(2)11-3-4-12(13(15)17)14(11)7-5-10(16)6-8-14/h3,5,7,9,12H,4,6,8H2,1-2H3,(H2,15,17)/t12-,14-/m1/s1. The summed E-state index contributed by atoms with van der Waals surface area (Å²) < 4.78 is 0. The minimum Gasteiger partial charge on any atom is -0.369 e. The van der Waals surface area contributed by atoms with Gasteiger partial charge in [-0.25, -0.2) is 0 Å². The van der Waals surface area contributed by atoms with E-state index in [9.17, 15) is 9.59 Å². The van der Waals surface area contributed by atoms with Gasteiger partial charge in [0, 0.05) is 11.8 Å². The number of carbonyl (C=O) groups is 2. The van der Waals surface area contributed by atoms with Gasteiger partial charge in [-0.05, 0) is 24.8 Å². The Hall–Kier alpha value is -1.38. The Morgan fingerprint density at radius 1 is 1.53 bits per heavy atom. The van der Waals surface area contributed by atoms with Crippen LogP contribution in [0.3, 0.4) is 0 Å². The lowest BCUT2D eigenvalue weighted by molar-refractivity contribution is -0.125. The minimum absolute atomic E-state index is 0.147. The fraction of sp³-hybridized carbons (Fsp3) is 0.571. The van der Waals surface area contributed by atoms with Crippen molar-refractivity contribution >= 4 is 11.7 Å². The molecule has 2 aliphatic rings. The highest BCUT2D eigenvalue weighted by atomic mass is 16.1. The molecule has 0 aromatic rings. The summed E-state index contributed by atoms with van der Waals surface area (Å²) in [5.41, 5.74) is 6.49. The summed E-state index contributed by atoms with van der Waals surface area (Å²) in [6, 6.07) is 0. The number of rotatable bonds is 2. The molecule has 0 aliphatic heterocycles. The van der Waals surface area contributed by atoms with Gasteiger partial charge in [-0.15, -0.1) is 0 Å². The van der Waals surface area contributed by atoms with Crippen LogP contribution in [-0.4, -0.2) is 11.7 Å². The van der Waals surface area contributed by atoms with Crippen molar-refractivity contribution in [3.8, 4) is 0 Å². The molecule has 0 aromatic carbocycles. The normalized spacial score (nSPS) is 32.3. The highest BCUT2D eigenvalue weighted by molar-refractivity contribution is 5.91. The monoisotopic (exact) mass is 233 g/mol. The van der Waals surface area contributed by atoms with Gasteiger partial charge < -0.3 is 5.73 Å². The first kappa shape index (κ1) is 12.1. The molecule has 0 saturated heterocycles. The molecule has 0 saturated carbocycles. The maximum Gasteiger partial charge on any atom is 0.222 e. The predicted octanol–water partition coefficient (Wildman–Crippen LogP) is 1.98. The highest BCUT2D eigenvalue weighted by Gasteiger charge is 2.47. The summed E-state index contributed by atoms with van der Waals surface area (Å²) >= 11 is 0. The molecule has 0 radical (unpaired) electrons. The quantitative estimate of drug-likeness (QED) is 0.741. The van der Waals surface area contributed by atoms with Crippen LogP contribution in [0.4, 0.5) is 0 Å². The first-order valence-corrected chi connectivity index (χ1v) is 6.19. The molecule has 2 N–H and O–H groups in total. The van der Waals surface area contributed by atoms with Crippen molar-refractivity contribution < 1.29 is 9.59 Å². The van der Waals surface area contributed by atoms with Crippen molar-refractivity contribution in [1.82, 2.24) is 0 Å². The molecule has 0 aromatic heterocycles. The lowest BCUT2D eigenvalue weighted by Crippen LogP contribution is -2.39. The zero-order valence-corrected chi connectivity index (χ0v) is 10.4. The maximum atomic E-state index is 11.6. The van der Waals surface area contributed by atoms with Gasteiger partial charge in [0.15, 0.2) is 5.78 Å². The van der Waals surface area contributed by atoms with Gasteiger partial charge in [-0.2, -0.15) is 0 Å². The lowest BCUT2D eigenvalue weighted by Gasteiger charge is -2.38. The molecule has 2 atom stereocenters. The van der Waals surface area contributed by atoms with Crippen LogP contribution in [-0.2, 0) is 9.59 Å². The molecule has 2 aliphatic carbocycles. The second-order valence-electron chi connectivity index (χ2n) is 5.34. The smallest absolute Gasteiger partial charge is 0.222 e. The Morgan fingerprint density at radius 2 is 2.24 bits per heavy atom. The van der Waals surface area contributed by atoms with Gasteiger partial charge in [-0.1, -0.05) is 31.6 Å². The number of hydrogen-bond donors (Lipinski definition) is 1. The van der Waals surface area contributed by atoms with E-state index in [1.807, 2.05) is 6.08 Å². The number of amides is 1. The number of ketones is 1. The van der Waals surface area contributed by atoms with Crippen LogP contribution < -0.4 is 5.73 Å². The molecule has 0 bridgehead atoms. The first-order valence-electron chi connectivity index (χ1n) is 6.19. The Bertz CT molecular complexity index is 420. The Kier molecular flexibility index (Phi) is 2.94. The van der Waals surface area contributed by atoms with Crippen LogP contribution in [0.5, 0.6) is 0 Å². The van der Waals surface area contributed by atoms with E-state index < -0.39 is 0 Å². The third kappa shape index (κ3) is 1.84. The van der Waals surface area contributed by atoms with Gasteiger partial charge >= 0.3 is 0 Å². The van der Waals surface area contributed by atoms with Crippen molar-refractivity contribution in [2.45, 2.75) is 33.1 Å². The fourth-order valence-corrected chi connectivity index (χ4v) is 3.26. The Morgan fingerprint density at radius 3 is 2.71 bits per heavy atom. The van der Waals surface area contributed by atoms with Crippen LogP contribution in [0, 0.1) is 17.3 Å². The Labute approximate surface area is 102 Å². The molecule has 0 fully saturated rings. The Balaban J connectivity index is 2.43. The van der Waals surface area contributed by atoms with Gasteiger partial charge in [0.1, 0.15) is 0 Å². The molecule has 3 heteroatoms. The second kappa shape index (κ2) is 4.13. The van der Waals surface area contributed by atoms with Crippen molar-refractivity contribution in [2.24, 2.45) is 23.0 Å². The minimum atomic E-state index is -0.284. The lowest BCUT2D eigenvalue weighted by atomic mass is 9.65. The number of allylic oxidation sites excluding steroid dienone is 4. The summed E-state index contributed by atoms with van der Waals surface area (Å²) in [5.74, 6) is 0.103. The zero-order valence-electron chi connectivity index (χ0n) is 10.4. The second-order valence-corrected chi connectivity index (χ2v) is 5.34. The summed E-state index contributed by atoms with van der Waals surface area (Å²) in [5, 5.41) is 0. The van der Waals surface area contributed by atoms with Gasteiger partial charge in [0.05, 0.1) is 5.92 Å². The fourth-order valence-electron chi connectivity index (χ4n) is 3.26. The van der Waals surface area contributed by atoms with E-state index in [0.717, 1.165) is 6.42 Å². The first-order chi connectivity index (χ1) is 7.97. The summed E-state index contributed by atoms with van der Waals surface area (Å²) in [4.78, 5) is 22.9. The third-order valence-electron chi connectivity index (χ3n) is 4.05. The molecule has 1 spiro atoms. The number of primary amides is 1. The number of hydrogen-bond acceptors (Lipinski definition) is 2. The average molecular weight is 233 g/mol. The van der Waals surface area contributed by atoms with Gasteiger partial charge in [0.2, 0.25) is 5.91 Å². The van der Waals surface area contributed by atoms with Crippen molar-refractivity contribution in [3.05, 3.63) is 23.8 Å². The SMILES string of the molecule is CC(C)C1=CC[C@H](C(N)=O)[C@@]12C=CC(=O)CC2. The van der Waals surface area contributed by atoms with E-state index in [4.69, 9.17) is 5.73 Å². The third-order valence-corrected chi connectivity index (χ3v) is 4.05. The van der Waals surface area contributed by atoms with Crippen molar-refractivity contribution in [3.63, 3.8) is 0 Å². The van der Waals surface area contributed by atoms with Crippen LogP contribution in [0.25, 0.3) is 0 Å². The maximum absolute atomic E-state index is 11.6.